The summed E-state index contributed by atoms with van der Waals surface area (Å²) in [6.45, 7) is -0.913. The molecule has 19 heteroatoms. The molecule has 232 valence electrons. The zero-order valence-corrected chi connectivity index (χ0v) is 24.0. The van der Waals surface area contributed by atoms with Crippen LogP contribution in [0.1, 0.15) is 16.7 Å². The molecular weight excluding hydrogens is 652 g/mol. The molecule has 3 aromatic carbocycles. The third-order valence-corrected chi connectivity index (χ3v) is 11.1. The highest BCUT2D eigenvalue weighted by molar-refractivity contribution is 8.11. The SMILES string of the molecule is COc1ccccc1S(=O)(=O)N(Cc1ccc(C#N)cc1)Cc1ccc(N(S(=O)(=O)C(F)(F)F)S(=O)(=O)C(F)(F)F)cc1. The molecule has 0 saturated carbocycles. The maximum absolute atomic E-state index is 13.7. The fourth-order valence-electron chi connectivity index (χ4n) is 3.61. The zero-order chi connectivity index (χ0) is 32.4. The normalized spacial score (nSPS) is 13.0. The average Bonchev–Trinajstić information content (AvgIpc) is 2.92. The summed E-state index contributed by atoms with van der Waals surface area (Å²) in [6, 6.07) is 15.4. The first-order valence-corrected chi connectivity index (χ1v) is 15.7. The van der Waals surface area contributed by atoms with Crippen molar-refractivity contribution >= 4 is 35.8 Å². The molecule has 0 unspecified atom stereocenters. The van der Waals surface area contributed by atoms with Gasteiger partial charge in [0.25, 0.3) is 0 Å². The van der Waals surface area contributed by atoms with Crippen molar-refractivity contribution in [2.24, 2.45) is 0 Å². The summed E-state index contributed by atoms with van der Waals surface area (Å²) in [6.07, 6.45) is 0. The van der Waals surface area contributed by atoms with E-state index in [1.807, 2.05) is 6.07 Å². The van der Waals surface area contributed by atoms with Gasteiger partial charge in [-0.05, 0) is 47.5 Å². The van der Waals surface area contributed by atoms with E-state index in [9.17, 15) is 51.6 Å². The van der Waals surface area contributed by atoms with Crippen LogP contribution in [0.15, 0.2) is 77.7 Å². The van der Waals surface area contributed by atoms with Gasteiger partial charge in [-0.25, -0.2) is 8.42 Å². The molecule has 0 amide bonds. The lowest BCUT2D eigenvalue weighted by molar-refractivity contribution is -0.0462. The van der Waals surface area contributed by atoms with Crippen LogP contribution in [0.3, 0.4) is 0 Å². The van der Waals surface area contributed by atoms with Crippen molar-refractivity contribution in [3.63, 3.8) is 0 Å². The van der Waals surface area contributed by atoms with Gasteiger partial charge in [0.05, 0.1) is 24.4 Å². The number of halogens is 6. The molecule has 0 aromatic heterocycles. The number of sulfonamides is 3. The van der Waals surface area contributed by atoms with Crippen LogP contribution in [0, 0.1) is 11.3 Å². The van der Waals surface area contributed by atoms with E-state index in [0.29, 0.717) is 17.7 Å². The lowest BCUT2D eigenvalue weighted by Gasteiger charge is -2.26. The van der Waals surface area contributed by atoms with E-state index < -0.39 is 57.0 Å². The van der Waals surface area contributed by atoms with Crippen molar-refractivity contribution < 1.29 is 56.3 Å². The number of hydrogen-bond acceptors (Lipinski definition) is 8. The summed E-state index contributed by atoms with van der Waals surface area (Å²) < 4.78 is 158. The quantitative estimate of drug-likeness (QED) is 0.288. The van der Waals surface area contributed by atoms with E-state index in [2.05, 4.69) is 0 Å². The minimum atomic E-state index is -7.10. The number of alkyl halides is 6. The van der Waals surface area contributed by atoms with Crippen LogP contribution >= 0.6 is 0 Å². The second-order valence-electron chi connectivity index (χ2n) is 8.50. The summed E-state index contributed by atoms with van der Waals surface area (Å²) >= 11 is 0. The predicted molar refractivity (Wildman–Crippen MR) is 139 cm³/mol. The van der Waals surface area contributed by atoms with E-state index in [0.717, 1.165) is 16.4 Å². The van der Waals surface area contributed by atoms with Crippen LogP contribution in [-0.2, 0) is 43.2 Å². The highest BCUT2D eigenvalue weighted by Gasteiger charge is 2.61. The van der Waals surface area contributed by atoms with Crippen molar-refractivity contribution in [3.05, 3.63) is 89.5 Å². The zero-order valence-electron chi connectivity index (χ0n) is 21.5. The first kappa shape index (κ1) is 33.6. The number of anilines is 1. The summed E-state index contributed by atoms with van der Waals surface area (Å²) in [5.41, 5.74) is -13.8. The molecule has 10 nitrogen and oxygen atoms in total. The molecule has 3 rings (SSSR count). The van der Waals surface area contributed by atoms with Gasteiger partial charge in [0.15, 0.2) is 0 Å². The highest BCUT2D eigenvalue weighted by atomic mass is 32.3. The Morgan fingerprint density at radius 1 is 0.721 bits per heavy atom. The van der Waals surface area contributed by atoms with Gasteiger partial charge >= 0.3 is 31.1 Å². The highest BCUT2D eigenvalue weighted by Crippen LogP contribution is 2.39. The smallest absolute Gasteiger partial charge is 0.495 e. The first-order valence-electron chi connectivity index (χ1n) is 11.4. The Bertz CT molecular complexity index is 1790. The maximum Gasteiger partial charge on any atom is 0.517 e. The van der Waals surface area contributed by atoms with Gasteiger partial charge in [-0.2, -0.15) is 52.7 Å². The third kappa shape index (κ3) is 6.87. The van der Waals surface area contributed by atoms with Gasteiger partial charge in [-0.15, -0.1) is 3.71 Å². The van der Waals surface area contributed by atoms with Crippen molar-refractivity contribution in [1.29, 1.82) is 5.26 Å². The predicted octanol–water partition coefficient (Wildman–Crippen LogP) is 4.46. The number of ether oxygens (including phenoxy) is 1. The minimum absolute atomic E-state index is 0.0481. The molecule has 3 aromatic rings. The van der Waals surface area contributed by atoms with Crippen molar-refractivity contribution in [2.45, 2.75) is 29.0 Å². The van der Waals surface area contributed by atoms with Gasteiger partial charge in [0.1, 0.15) is 10.6 Å². The van der Waals surface area contributed by atoms with Crippen LogP contribution in [0.2, 0.25) is 0 Å². The molecule has 0 spiro atoms. The van der Waals surface area contributed by atoms with E-state index in [1.165, 1.54) is 55.6 Å². The number of rotatable bonds is 10. The van der Waals surface area contributed by atoms with Crippen LogP contribution in [0.25, 0.3) is 0 Å². The maximum atomic E-state index is 13.7. The van der Waals surface area contributed by atoms with E-state index in [1.54, 1.807) is 0 Å². The van der Waals surface area contributed by atoms with Gasteiger partial charge in [0, 0.05) is 13.1 Å². The number of benzene rings is 3. The molecule has 0 aliphatic carbocycles. The summed E-state index contributed by atoms with van der Waals surface area (Å²) in [5.74, 6) is -0.0481. The number of hydrogen-bond donors (Lipinski definition) is 0. The Balaban J connectivity index is 2.10. The van der Waals surface area contributed by atoms with Gasteiger partial charge < -0.3 is 4.74 Å². The Hall–Kier alpha value is -3.86. The molecule has 0 aliphatic rings. The average molecular weight is 672 g/mol. The van der Waals surface area contributed by atoms with E-state index in [4.69, 9.17) is 10.00 Å². The van der Waals surface area contributed by atoms with Crippen LogP contribution < -0.4 is 8.45 Å². The standard InChI is InChI=1S/C24H19F6N3O7S3/c1-40-21-4-2-3-5-22(21)41(34,35)32(15-18-8-6-17(14-31)7-9-18)16-19-10-12-20(13-11-19)33(42(36,37)23(25,26)27)43(38,39)24(28,29)30/h2-13H,15-16H2,1H3. The van der Waals surface area contributed by atoms with Crippen molar-refractivity contribution in [3.8, 4) is 11.8 Å². The van der Waals surface area contributed by atoms with Crippen molar-refractivity contribution in [2.75, 3.05) is 10.8 Å². The van der Waals surface area contributed by atoms with E-state index >= 15 is 0 Å². The molecule has 0 N–H and O–H groups in total. The molecule has 43 heavy (non-hydrogen) atoms. The number of nitriles is 1. The summed E-state index contributed by atoms with van der Waals surface area (Å²) in [5, 5.41) is 9.02. The van der Waals surface area contributed by atoms with Crippen LogP contribution in [0.5, 0.6) is 5.75 Å². The molecular formula is C24H19F6N3O7S3. The Labute approximate surface area is 242 Å². The molecule has 0 aliphatic heterocycles. The fraction of sp³-hybridized carbons (Fsp3) is 0.208. The first-order chi connectivity index (χ1) is 19.8. The number of methoxy groups -OCH3 is 1. The second-order valence-corrected chi connectivity index (χ2v) is 14.2. The molecule has 0 radical (unpaired) electrons. The van der Waals surface area contributed by atoms with Gasteiger partial charge in [0.2, 0.25) is 10.0 Å². The van der Waals surface area contributed by atoms with Gasteiger partial charge in [-0.3, -0.25) is 0 Å². The Kier molecular flexibility index (Phi) is 9.41. The molecule has 0 atom stereocenters. The number of para-hydroxylation sites is 1. The Morgan fingerprint density at radius 2 is 1.16 bits per heavy atom. The number of nitrogens with zero attached hydrogens (tertiary/aromatic N) is 3. The monoisotopic (exact) mass is 671 g/mol. The van der Waals surface area contributed by atoms with Crippen LogP contribution in [0.4, 0.5) is 32.0 Å². The van der Waals surface area contributed by atoms with Gasteiger partial charge in [-0.1, -0.05) is 36.4 Å². The second kappa shape index (κ2) is 12.0. The largest absolute Gasteiger partial charge is 0.517 e. The van der Waals surface area contributed by atoms with Crippen LogP contribution in [-0.4, -0.2) is 47.7 Å². The Morgan fingerprint density at radius 3 is 1.58 bits per heavy atom. The van der Waals surface area contributed by atoms with Crippen molar-refractivity contribution in [1.82, 2.24) is 4.31 Å². The molecule has 0 bridgehead atoms. The molecule has 0 fully saturated rings. The lowest BCUT2D eigenvalue weighted by atomic mass is 10.1. The fourth-order valence-corrected chi connectivity index (χ4v) is 7.89. The topological polar surface area (TPSA) is 142 Å². The third-order valence-electron chi connectivity index (χ3n) is 5.66. The lowest BCUT2D eigenvalue weighted by Crippen LogP contribution is -2.49. The summed E-state index contributed by atoms with van der Waals surface area (Å²) in [4.78, 5) is -0.290. The minimum Gasteiger partial charge on any atom is -0.495 e. The molecule has 0 heterocycles. The summed E-state index contributed by atoms with van der Waals surface area (Å²) in [7, 11) is -17.4. The molecule has 0 saturated heterocycles. The van der Waals surface area contributed by atoms with E-state index in [-0.39, 0.29) is 28.3 Å².